The molecule has 88 valence electrons. The van der Waals surface area contributed by atoms with Crippen molar-refractivity contribution in [3.05, 3.63) is 27.9 Å². The van der Waals surface area contributed by atoms with Crippen LogP contribution in [0.3, 0.4) is 0 Å². The Balaban J connectivity index is 2.17. The summed E-state index contributed by atoms with van der Waals surface area (Å²) >= 11 is 0. The molecule has 4 nitrogen and oxygen atoms in total. The van der Waals surface area contributed by atoms with Crippen molar-refractivity contribution >= 4 is 0 Å². The van der Waals surface area contributed by atoms with Gasteiger partial charge >= 0.3 is 0 Å². The topological polar surface area (TPSA) is 55.0 Å². The molecule has 4 heteroatoms. The molecule has 1 aromatic heterocycles. The Kier molecular flexibility index (Phi) is 3.72. The third kappa shape index (κ3) is 2.70. The Hall–Kier alpha value is -1.16. The molecule has 0 amide bonds. The third-order valence-corrected chi connectivity index (χ3v) is 3.03. The Morgan fingerprint density at radius 3 is 2.94 bits per heavy atom. The third-order valence-electron chi connectivity index (χ3n) is 3.03. The molecule has 0 bridgehead atoms. The average Bonchev–Trinajstić information content (AvgIpc) is 2.79. The van der Waals surface area contributed by atoms with E-state index in [0.717, 1.165) is 18.5 Å². The van der Waals surface area contributed by atoms with Gasteiger partial charge in [-0.05, 0) is 19.8 Å². The zero-order chi connectivity index (χ0) is 11.4. The van der Waals surface area contributed by atoms with Gasteiger partial charge in [0.1, 0.15) is 12.4 Å². The lowest BCUT2D eigenvalue weighted by molar-refractivity contribution is 0.128. The summed E-state index contributed by atoms with van der Waals surface area (Å²) in [6.45, 7) is 2.96. The predicted molar refractivity (Wildman–Crippen MR) is 61.4 cm³/mol. The Bertz CT molecular complexity index is 394. The molecule has 0 aliphatic heterocycles. The molecule has 0 aromatic carbocycles. The van der Waals surface area contributed by atoms with Crippen molar-refractivity contribution in [3.8, 4) is 0 Å². The molecule has 1 fully saturated rings. The second-order valence-electron chi connectivity index (χ2n) is 4.24. The summed E-state index contributed by atoms with van der Waals surface area (Å²) in [7, 11) is 0. The molecule has 0 saturated heterocycles. The minimum absolute atomic E-state index is 0.0633. The normalized spacial score (nSPS) is 16.8. The van der Waals surface area contributed by atoms with Crippen LogP contribution in [0.2, 0.25) is 0 Å². The van der Waals surface area contributed by atoms with Crippen LogP contribution >= 0.6 is 0 Å². The summed E-state index contributed by atoms with van der Waals surface area (Å²) in [5.41, 5.74) is 0.877. The van der Waals surface area contributed by atoms with Gasteiger partial charge in [0, 0.05) is 18.6 Å². The largest absolute Gasteiger partial charge is 0.374 e. The van der Waals surface area contributed by atoms with Crippen molar-refractivity contribution in [2.45, 2.75) is 45.1 Å². The number of aromatic amines is 1. The number of rotatable bonds is 4. The highest BCUT2D eigenvalue weighted by atomic mass is 16.5. The van der Waals surface area contributed by atoms with Crippen LogP contribution in [0.4, 0.5) is 0 Å². The Morgan fingerprint density at radius 2 is 2.25 bits per heavy atom. The first-order valence-corrected chi connectivity index (χ1v) is 5.97. The lowest BCUT2D eigenvalue weighted by Crippen LogP contribution is -2.15. The van der Waals surface area contributed by atoms with E-state index in [1.54, 1.807) is 6.07 Å². The first kappa shape index (κ1) is 11.3. The standard InChI is InChI=1S/C12H18N2O2/c1-2-16-8-11-13-10(7-12(15)14-11)9-5-3-4-6-9/h7,9H,2-6,8H2,1H3,(H,13,14,15). The molecule has 1 heterocycles. The lowest BCUT2D eigenvalue weighted by Gasteiger charge is -2.09. The van der Waals surface area contributed by atoms with Gasteiger partial charge in [0.2, 0.25) is 0 Å². The maximum Gasteiger partial charge on any atom is 0.251 e. The van der Waals surface area contributed by atoms with Gasteiger partial charge in [-0.15, -0.1) is 0 Å². The summed E-state index contributed by atoms with van der Waals surface area (Å²) in [5.74, 6) is 1.12. The molecule has 1 aromatic rings. The lowest BCUT2D eigenvalue weighted by atomic mass is 10.0. The smallest absolute Gasteiger partial charge is 0.251 e. The fourth-order valence-corrected chi connectivity index (χ4v) is 2.23. The van der Waals surface area contributed by atoms with Crippen molar-refractivity contribution in [2.24, 2.45) is 0 Å². The molecule has 0 unspecified atom stereocenters. The number of ether oxygens (including phenoxy) is 1. The Labute approximate surface area is 95.1 Å². The highest BCUT2D eigenvalue weighted by Crippen LogP contribution is 2.32. The second-order valence-corrected chi connectivity index (χ2v) is 4.24. The van der Waals surface area contributed by atoms with Gasteiger partial charge in [0.15, 0.2) is 0 Å². The quantitative estimate of drug-likeness (QED) is 0.847. The summed E-state index contributed by atoms with van der Waals surface area (Å²) in [6.07, 6.45) is 4.81. The van der Waals surface area contributed by atoms with E-state index in [1.807, 2.05) is 6.92 Å². The summed E-state index contributed by atoms with van der Waals surface area (Å²) in [4.78, 5) is 18.7. The zero-order valence-electron chi connectivity index (χ0n) is 9.66. The van der Waals surface area contributed by atoms with E-state index in [9.17, 15) is 4.79 Å². The van der Waals surface area contributed by atoms with Crippen LogP contribution in [-0.2, 0) is 11.3 Å². The molecule has 0 spiro atoms. The van der Waals surface area contributed by atoms with Crippen molar-refractivity contribution in [1.82, 2.24) is 9.97 Å². The van der Waals surface area contributed by atoms with Gasteiger partial charge in [-0.25, -0.2) is 4.98 Å². The van der Waals surface area contributed by atoms with Crippen LogP contribution in [0.25, 0.3) is 0 Å². The number of hydrogen-bond acceptors (Lipinski definition) is 3. The number of nitrogens with one attached hydrogen (secondary N) is 1. The van der Waals surface area contributed by atoms with Crippen LogP contribution in [0, 0.1) is 0 Å². The van der Waals surface area contributed by atoms with Gasteiger partial charge in [-0.1, -0.05) is 12.8 Å². The van der Waals surface area contributed by atoms with E-state index in [4.69, 9.17) is 4.74 Å². The molecule has 1 N–H and O–H groups in total. The molecule has 2 rings (SSSR count). The highest BCUT2D eigenvalue weighted by molar-refractivity contribution is 5.10. The molecule has 1 saturated carbocycles. The molecular weight excluding hydrogens is 204 g/mol. The fraction of sp³-hybridized carbons (Fsp3) is 0.667. The average molecular weight is 222 g/mol. The SMILES string of the molecule is CCOCc1nc(C2CCCC2)cc(=O)[nH]1. The van der Waals surface area contributed by atoms with Gasteiger partial charge in [-0.2, -0.15) is 0 Å². The summed E-state index contributed by atoms with van der Waals surface area (Å²) < 4.78 is 5.26. The van der Waals surface area contributed by atoms with Crippen molar-refractivity contribution < 1.29 is 4.74 Å². The number of hydrogen-bond donors (Lipinski definition) is 1. The van der Waals surface area contributed by atoms with Crippen LogP contribution in [0.1, 0.15) is 50.0 Å². The number of aromatic nitrogens is 2. The molecular formula is C12H18N2O2. The molecule has 0 radical (unpaired) electrons. The minimum Gasteiger partial charge on any atom is -0.374 e. The van der Waals surface area contributed by atoms with Crippen LogP contribution < -0.4 is 5.56 Å². The van der Waals surface area contributed by atoms with Crippen LogP contribution in [0.15, 0.2) is 10.9 Å². The Morgan fingerprint density at radius 1 is 1.50 bits per heavy atom. The van der Waals surface area contributed by atoms with E-state index in [0.29, 0.717) is 25.0 Å². The van der Waals surface area contributed by atoms with E-state index in [1.165, 1.54) is 12.8 Å². The zero-order valence-corrected chi connectivity index (χ0v) is 9.66. The fourth-order valence-electron chi connectivity index (χ4n) is 2.23. The second kappa shape index (κ2) is 5.25. The van der Waals surface area contributed by atoms with E-state index in [2.05, 4.69) is 9.97 Å². The minimum atomic E-state index is -0.0633. The molecule has 16 heavy (non-hydrogen) atoms. The van der Waals surface area contributed by atoms with Gasteiger partial charge in [0.05, 0.1) is 5.69 Å². The number of H-pyrrole nitrogens is 1. The number of nitrogens with zero attached hydrogens (tertiary/aromatic N) is 1. The monoisotopic (exact) mass is 222 g/mol. The van der Waals surface area contributed by atoms with E-state index >= 15 is 0 Å². The first-order chi connectivity index (χ1) is 7.79. The van der Waals surface area contributed by atoms with Crippen molar-refractivity contribution in [1.29, 1.82) is 0 Å². The predicted octanol–water partition coefficient (Wildman–Crippen LogP) is 1.96. The summed E-state index contributed by atoms with van der Waals surface area (Å²) in [6, 6.07) is 1.63. The first-order valence-electron chi connectivity index (χ1n) is 5.97. The molecule has 1 aliphatic carbocycles. The maximum atomic E-state index is 11.5. The van der Waals surface area contributed by atoms with E-state index < -0.39 is 0 Å². The van der Waals surface area contributed by atoms with Gasteiger partial charge in [-0.3, -0.25) is 4.79 Å². The summed E-state index contributed by atoms with van der Waals surface area (Å²) in [5, 5.41) is 0. The van der Waals surface area contributed by atoms with Crippen molar-refractivity contribution in [3.63, 3.8) is 0 Å². The van der Waals surface area contributed by atoms with Crippen molar-refractivity contribution in [2.75, 3.05) is 6.61 Å². The van der Waals surface area contributed by atoms with Crippen LogP contribution in [0.5, 0.6) is 0 Å². The molecule has 0 atom stereocenters. The van der Waals surface area contributed by atoms with Gasteiger partial charge in [0.25, 0.3) is 5.56 Å². The molecule has 1 aliphatic rings. The van der Waals surface area contributed by atoms with E-state index in [-0.39, 0.29) is 5.56 Å². The maximum absolute atomic E-state index is 11.5. The highest BCUT2D eigenvalue weighted by Gasteiger charge is 2.19. The van der Waals surface area contributed by atoms with Gasteiger partial charge < -0.3 is 9.72 Å². The van der Waals surface area contributed by atoms with Crippen LogP contribution in [-0.4, -0.2) is 16.6 Å².